The van der Waals surface area contributed by atoms with Crippen LogP contribution in [0.4, 0.5) is 0 Å². The number of hydrogen-bond acceptors (Lipinski definition) is 2. The Labute approximate surface area is 90.3 Å². The van der Waals surface area contributed by atoms with Gasteiger partial charge >= 0.3 is 0 Å². The summed E-state index contributed by atoms with van der Waals surface area (Å²) in [5.41, 5.74) is 0. The van der Waals surface area contributed by atoms with E-state index in [9.17, 15) is 0 Å². The number of rotatable bonds is 3. The average molecular weight is 253 g/mol. The molecular weight excluding hydrogens is 244 g/mol. The fourth-order valence-corrected chi connectivity index (χ4v) is 1.32. The molecule has 1 heterocycles. The molecule has 3 nitrogen and oxygen atoms in total. The number of hydrogen-bond donors (Lipinski definition) is 1. The minimum Gasteiger partial charge on any atom is -0.486 e. The summed E-state index contributed by atoms with van der Waals surface area (Å²) in [4.78, 5) is 7.03. The lowest BCUT2D eigenvalue weighted by molar-refractivity contribution is 0.297. The molecule has 0 aliphatic heterocycles. The highest BCUT2D eigenvalue weighted by Gasteiger charge is 1.96. The molecular formula is C10H9BrN2O. The van der Waals surface area contributed by atoms with Crippen LogP contribution in [0.15, 0.2) is 41.1 Å². The summed E-state index contributed by atoms with van der Waals surface area (Å²) in [7, 11) is 0. The third-order valence-corrected chi connectivity index (χ3v) is 2.27. The second kappa shape index (κ2) is 4.28. The van der Waals surface area contributed by atoms with Crippen molar-refractivity contribution < 1.29 is 4.74 Å². The predicted octanol–water partition coefficient (Wildman–Crippen LogP) is 2.75. The molecule has 0 unspecified atom stereocenters. The number of nitrogens with one attached hydrogen (secondary N) is 1. The molecule has 2 rings (SSSR count). The van der Waals surface area contributed by atoms with Gasteiger partial charge in [-0.3, -0.25) is 0 Å². The van der Waals surface area contributed by atoms with Crippen molar-refractivity contribution in [3.63, 3.8) is 0 Å². The van der Waals surface area contributed by atoms with Crippen molar-refractivity contribution in [3.05, 3.63) is 47.0 Å². The Balaban J connectivity index is 1.95. The predicted molar refractivity (Wildman–Crippen MR) is 57.1 cm³/mol. The van der Waals surface area contributed by atoms with Crippen LogP contribution in [0.2, 0.25) is 0 Å². The van der Waals surface area contributed by atoms with Gasteiger partial charge < -0.3 is 9.72 Å². The first-order valence-electron chi connectivity index (χ1n) is 4.21. The molecule has 0 amide bonds. The van der Waals surface area contributed by atoms with Gasteiger partial charge in [-0.1, -0.05) is 15.9 Å². The average Bonchev–Trinajstić information content (AvgIpc) is 2.70. The van der Waals surface area contributed by atoms with E-state index in [0.29, 0.717) is 6.61 Å². The number of aromatic amines is 1. The van der Waals surface area contributed by atoms with Gasteiger partial charge in [0.2, 0.25) is 0 Å². The van der Waals surface area contributed by atoms with E-state index in [1.807, 2.05) is 24.3 Å². The van der Waals surface area contributed by atoms with E-state index in [1.54, 1.807) is 12.4 Å². The number of aromatic nitrogens is 2. The van der Waals surface area contributed by atoms with E-state index < -0.39 is 0 Å². The molecule has 0 saturated heterocycles. The van der Waals surface area contributed by atoms with Crippen molar-refractivity contribution in [1.82, 2.24) is 9.97 Å². The van der Waals surface area contributed by atoms with Crippen molar-refractivity contribution in [2.24, 2.45) is 0 Å². The molecule has 1 aromatic heterocycles. The Morgan fingerprint density at radius 1 is 1.29 bits per heavy atom. The zero-order valence-electron chi connectivity index (χ0n) is 7.40. The van der Waals surface area contributed by atoms with Gasteiger partial charge in [-0.05, 0) is 24.3 Å². The molecule has 0 saturated carbocycles. The van der Waals surface area contributed by atoms with E-state index in [0.717, 1.165) is 16.0 Å². The first-order chi connectivity index (χ1) is 6.84. The van der Waals surface area contributed by atoms with Crippen LogP contribution < -0.4 is 4.74 Å². The highest BCUT2D eigenvalue weighted by Crippen LogP contribution is 2.16. The van der Waals surface area contributed by atoms with Gasteiger partial charge in [0.05, 0.1) is 0 Å². The topological polar surface area (TPSA) is 37.9 Å². The quantitative estimate of drug-likeness (QED) is 0.913. The monoisotopic (exact) mass is 252 g/mol. The molecule has 72 valence electrons. The first-order valence-corrected chi connectivity index (χ1v) is 5.00. The van der Waals surface area contributed by atoms with E-state index in [-0.39, 0.29) is 0 Å². The summed E-state index contributed by atoms with van der Waals surface area (Å²) >= 11 is 3.36. The molecule has 0 spiro atoms. The van der Waals surface area contributed by atoms with Crippen molar-refractivity contribution >= 4 is 15.9 Å². The molecule has 4 heteroatoms. The largest absolute Gasteiger partial charge is 0.486 e. The summed E-state index contributed by atoms with van der Waals surface area (Å²) in [6.45, 7) is 0.467. The second-order valence-electron chi connectivity index (χ2n) is 2.78. The minimum absolute atomic E-state index is 0.467. The number of nitrogens with zero attached hydrogens (tertiary/aromatic N) is 1. The lowest BCUT2D eigenvalue weighted by Gasteiger charge is -2.03. The summed E-state index contributed by atoms with van der Waals surface area (Å²) in [5.74, 6) is 1.66. The third kappa shape index (κ3) is 2.35. The maximum Gasteiger partial charge on any atom is 0.146 e. The number of halogens is 1. The molecule has 0 atom stereocenters. The van der Waals surface area contributed by atoms with Crippen LogP contribution in [-0.4, -0.2) is 9.97 Å². The second-order valence-corrected chi connectivity index (χ2v) is 3.69. The van der Waals surface area contributed by atoms with Crippen LogP contribution in [0.25, 0.3) is 0 Å². The molecule has 0 radical (unpaired) electrons. The summed E-state index contributed by atoms with van der Waals surface area (Å²) in [6, 6.07) is 7.70. The summed E-state index contributed by atoms with van der Waals surface area (Å²) in [5, 5.41) is 0. The summed E-state index contributed by atoms with van der Waals surface area (Å²) in [6.07, 6.45) is 3.49. The lowest BCUT2D eigenvalue weighted by atomic mass is 10.3. The number of ether oxygens (including phenoxy) is 1. The van der Waals surface area contributed by atoms with Crippen LogP contribution in [0.1, 0.15) is 5.82 Å². The normalized spacial score (nSPS) is 10.1. The zero-order chi connectivity index (χ0) is 9.80. The lowest BCUT2D eigenvalue weighted by Crippen LogP contribution is -1.96. The van der Waals surface area contributed by atoms with E-state index >= 15 is 0 Å². The Morgan fingerprint density at radius 2 is 2.07 bits per heavy atom. The van der Waals surface area contributed by atoms with Gasteiger partial charge in [-0.15, -0.1) is 0 Å². The Morgan fingerprint density at radius 3 is 2.71 bits per heavy atom. The zero-order valence-corrected chi connectivity index (χ0v) is 8.99. The fraction of sp³-hybridized carbons (Fsp3) is 0.100. The van der Waals surface area contributed by atoms with Crippen molar-refractivity contribution in [3.8, 4) is 5.75 Å². The SMILES string of the molecule is Brc1ccc(OCc2ncc[nH]2)cc1. The van der Waals surface area contributed by atoms with Crippen LogP contribution in [0.3, 0.4) is 0 Å². The van der Waals surface area contributed by atoms with Crippen LogP contribution in [-0.2, 0) is 6.61 Å². The van der Waals surface area contributed by atoms with Crippen LogP contribution >= 0.6 is 15.9 Å². The number of imidazole rings is 1. The standard InChI is InChI=1S/C10H9BrN2O/c11-8-1-3-9(4-2-8)14-7-10-12-5-6-13-10/h1-6H,7H2,(H,12,13). The Hall–Kier alpha value is -1.29. The minimum atomic E-state index is 0.467. The van der Waals surface area contributed by atoms with Gasteiger partial charge in [0, 0.05) is 16.9 Å². The molecule has 0 fully saturated rings. The smallest absolute Gasteiger partial charge is 0.146 e. The molecule has 14 heavy (non-hydrogen) atoms. The van der Waals surface area contributed by atoms with Gasteiger partial charge in [-0.2, -0.15) is 0 Å². The molecule has 0 bridgehead atoms. The van der Waals surface area contributed by atoms with E-state index in [1.165, 1.54) is 0 Å². The van der Waals surface area contributed by atoms with Crippen molar-refractivity contribution in [2.75, 3.05) is 0 Å². The van der Waals surface area contributed by atoms with Gasteiger partial charge in [0.15, 0.2) is 0 Å². The molecule has 1 N–H and O–H groups in total. The first kappa shape index (κ1) is 9.27. The third-order valence-electron chi connectivity index (χ3n) is 1.74. The Kier molecular flexibility index (Phi) is 2.84. The maximum absolute atomic E-state index is 5.49. The maximum atomic E-state index is 5.49. The van der Waals surface area contributed by atoms with Gasteiger partial charge in [0.25, 0.3) is 0 Å². The van der Waals surface area contributed by atoms with Gasteiger partial charge in [-0.25, -0.2) is 4.98 Å². The highest BCUT2D eigenvalue weighted by atomic mass is 79.9. The number of H-pyrrole nitrogens is 1. The van der Waals surface area contributed by atoms with Crippen LogP contribution in [0.5, 0.6) is 5.75 Å². The molecule has 1 aromatic carbocycles. The van der Waals surface area contributed by atoms with Crippen LogP contribution in [0, 0.1) is 0 Å². The number of benzene rings is 1. The van der Waals surface area contributed by atoms with Crippen molar-refractivity contribution in [1.29, 1.82) is 0 Å². The molecule has 0 aliphatic carbocycles. The van der Waals surface area contributed by atoms with E-state index in [2.05, 4.69) is 25.9 Å². The molecule has 0 aliphatic rings. The Bertz CT molecular complexity index is 383. The van der Waals surface area contributed by atoms with E-state index in [4.69, 9.17) is 4.74 Å². The summed E-state index contributed by atoms with van der Waals surface area (Å²) < 4.78 is 6.54. The fourth-order valence-electron chi connectivity index (χ4n) is 1.06. The highest BCUT2D eigenvalue weighted by molar-refractivity contribution is 9.10. The molecule has 2 aromatic rings. The van der Waals surface area contributed by atoms with Crippen molar-refractivity contribution in [2.45, 2.75) is 6.61 Å². The van der Waals surface area contributed by atoms with Gasteiger partial charge in [0.1, 0.15) is 18.2 Å².